The SMILES string of the molecule is CCOc1ccc(CCC(=O)NCCCCN2CCN(c3ccccc3)CC2)cc1. The third kappa shape index (κ3) is 7.38. The Morgan fingerprint density at radius 3 is 2.40 bits per heavy atom. The molecule has 0 atom stereocenters. The number of rotatable bonds is 11. The van der Waals surface area contributed by atoms with Gasteiger partial charge in [0.05, 0.1) is 6.61 Å². The summed E-state index contributed by atoms with van der Waals surface area (Å²) in [5, 5.41) is 3.06. The fourth-order valence-corrected chi connectivity index (χ4v) is 3.82. The van der Waals surface area contributed by atoms with Gasteiger partial charge in [-0.1, -0.05) is 30.3 Å². The van der Waals surface area contributed by atoms with Gasteiger partial charge >= 0.3 is 0 Å². The predicted molar refractivity (Wildman–Crippen MR) is 123 cm³/mol. The van der Waals surface area contributed by atoms with Crippen LogP contribution in [0.25, 0.3) is 0 Å². The second-order valence-electron chi connectivity index (χ2n) is 7.80. The number of hydrogen-bond donors (Lipinski definition) is 1. The van der Waals surface area contributed by atoms with Crippen LogP contribution < -0.4 is 15.0 Å². The topological polar surface area (TPSA) is 44.8 Å². The van der Waals surface area contributed by atoms with Gasteiger partial charge in [0.25, 0.3) is 0 Å². The molecule has 0 bridgehead atoms. The van der Waals surface area contributed by atoms with Gasteiger partial charge in [-0.2, -0.15) is 0 Å². The fourth-order valence-electron chi connectivity index (χ4n) is 3.82. The van der Waals surface area contributed by atoms with Gasteiger partial charge in [-0.3, -0.25) is 9.69 Å². The molecule has 1 saturated heterocycles. The molecule has 3 rings (SSSR count). The van der Waals surface area contributed by atoms with E-state index in [2.05, 4.69) is 45.4 Å². The second-order valence-corrected chi connectivity index (χ2v) is 7.80. The molecule has 0 radical (unpaired) electrons. The number of piperazine rings is 1. The highest BCUT2D eigenvalue weighted by molar-refractivity contribution is 5.76. The molecule has 1 amide bonds. The summed E-state index contributed by atoms with van der Waals surface area (Å²) in [5.74, 6) is 1.02. The first-order valence-corrected chi connectivity index (χ1v) is 11.3. The molecule has 5 heteroatoms. The van der Waals surface area contributed by atoms with E-state index in [4.69, 9.17) is 4.74 Å². The third-order valence-corrected chi connectivity index (χ3v) is 5.59. The van der Waals surface area contributed by atoms with Crippen LogP contribution in [0.3, 0.4) is 0 Å². The molecule has 0 unspecified atom stereocenters. The maximum Gasteiger partial charge on any atom is 0.220 e. The smallest absolute Gasteiger partial charge is 0.220 e. The number of hydrogen-bond acceptors (Lipinski definition) is 4. The molecular formula is C25H35N3O2. The van der Waals surface area contributed by atoms with Crippen molar-refractivity contribution in [3.05, 3.63) is 60.2 Å². The molecule has 0 aliphatic carbocycles. The molecule has 0 aromatic heterocycles. The Kier molecular flexibility index (Phi) is 9.04. The van der Waals surface area contributed by atoms with Crippen molar-refractivity contribution < 1.29 is 9.53 Å². The summed E-state index contributed by atoms with van der Waals surface area (Å²) in [6, 6.07) is 18.7. The highest BCUT2D eigenvalue weighted by atomic mass is 16.5. The van der Waals surface area contributed by atoms with Gasteiger partial charge in [0.1, 0.15) is 5.75 Å². The highest BCUT2D eigenvalue weighted by Gasteiger charge is 2.16. The van der Waals surface area contributed by atoms with E-state index in [0.29, 0.717) is 13.0 Å². The summed E-state index contributed by atoms with van der Waals surface area (Å²) >= 11 is 0. The monoisotopic (exact) mass is 409 g/mol. The molecule has 1 heterocycles. The standard InChI is InChI=1S/C25H35N3O2/c1-2-30-24-13-10-22(11-14-24)12-15-25(29)26-16-6-7-17-27-18-20-28(21-19-27)23-8-4-3-5-9-23/h3-5,8-11,13-14H,2,6-7,12,15-21H2,1H3,(H,26,29). The van der Waals surface area contributed by atoms with Gasteiger partial charge < -0.3 is 15.0 Å². The second kappa shape index (κ2) is 12.2. The molecule has 1 aliphatic heterocycles. The molecule has 1 N–H and O–H groups in total. The van der Waals surface area contributed by atoms with Crippen molar-refractivity contribution in [2.24, 2.45) is 0 Å². The number of carbonyl (C=O) groups is 1. The predicted octanol–water partition coefficient (Wildman–Crippen LogP) is 3.74. The van der Waals surface area contributed by atoms with Crippen molar-refractivity contribution in [2.75, 3.05) is 50.8 Å². The molecule has 1 aliphatic rings. The van der Waals surface area contributed by atoms with E-state index in [1.54, 1.807) is 0 Å². The lowest BCUT2D eigenvalue weighted by atomic mass is 10.1. The van der Waals surface area contributed by atoms with Crippen molar-refractivity contribution >= 4 is 11.6 Å². The number of aryl methyl sites for hydroxylation is 1. The maximum atomic E-state index is 12.1. The number of carbonyl (C=O) groups excluding carboxylic acids is 1. The summed E-state index contributed by atoms with van der Waals surface area (Å²) in [6.07, 6.45) is 3.47. The molecule has 2 aromatic rings. The van der Waals surface area contributed by atoms with Crippen LogP contribution in [0, 0.1) is 0 Å². The highest BCUT2D eigenvalue weighted by Crippen LogP contribution is 2.16. The molecule has 1 fully saturated rings. The van der Waals surface area contributed by atoms with Crippen LogP contribution in [0.2, 0.25) is 0 Å². The maximum absolute atomic E-state index is 12.1. The lowest BCUT2D eigenvalue weighted by Gasteiger charge is -2.36. The van der Waals surface area contributed by atoms with Gasteiger partial charge in [0, 0.05) is 44.8 Å². The van der Waals surface area contributed by atoms with Crippen LogP contribution in [-0.4, -0.2) is 56.7 Å². The lowest BCUT2D eigenvalue weighted by molar-refractivity contribution is -0.121. The number of amides is 1. The van der Waals surface area contributed by atoms with Crippen LogP contribution in [0.4, 0.5) is 5.69 Å². The van der Waals surface area contributed by atoms with E-state index in [0.717, 1.165) is 64.3 Å². The van der Waals surface area contributed by atoms with Gasteiger partial charge in [0.2, 0.25) is 5.91 Å². The number of unbranched alkanes of at least 4 members (excludes halogenated alkanes) is 1. The van der Waals surface area contributed by atoms with E-state index >= 15 is 0 Å². The Morgan fingerprint density at radius 1 is 0.967 bits per heavy atom. The van der Waals surface area contributed by atoms with E-state index < -0.39 is 0 Å². The van der Waals surface area contributed by atoms with Gasteiger partial charge in [-0.25, -0.2) is 0 Å². The van der Waals surface area contributed by atoms with E-state index in [9.17, 15) is 4.79 Å². The van der Waals surface area contributed by atoms with Crippen LogP contribution in [-0.2, 0) is 11.2 Å². The van der Waals surface area contributed by atoms with Crippen molar-refractivity contribution in [1.82, 2.24) is 10.2 Å². The van der Waals surface area contributed by atoms with Crippen molar-refractivity contribution in [2.45, 2.75) is 32.6 Å². The number of nitrogens with zero attached hydrogens (tertiary/aromatic N) is 2. The minimum absolute atomic E-state index is 0.139. The summed E-state index contributed by atoms with van der Waals surface area (Å²) in [5.41, 5.74) is 2.49. The average molecular weight is 410 g/mol. The molecule has 2 aromatic carbocycles. The zero-order chi connectivity index (χ0) is 21.0. The van der Waals surface area contributed by atoms with Crippen LogP contribution in [0.5, 0.6) is 5.75 Å². The minimum Gasteiger partial charge on any atom is -0.494 e. The lowest BCUT2D eigenvalue weighted by Crippen LogP contribution is -2.46. The first-order chi connectivity index (χ1) is 14.7. The zero-order valence-electron chi connectivity index (χ0n) is 18.2. The van der Waals surface area contributed by atoms with Crippen LogP contribution in [0.15, 0.2) is 54.6 Å². The Bertz CT molecular complexity index is 741. The summed E-state index contributed by atoms with van der Waals surface area (Å²) in [4.78, 5) is 17.1. The first-order valence-electron chi connectivity index (χ1n) is 11.3. The van der Waals surface area contributed by atoms with Crippen molar-refractivity contribution in [1.29, 1.82) is 0 Å². The number of nitrogens with one attached hydrogen (secondary N) is 1. The average Bonchev–Trinajstić information content (AvgIpc) is 2.79. The Hall–Kier alpha value is -2.53. The summed E-state index contributed by atoms with van der Waals surface area (Å²) in [6.45, 7) is 8.94. The summed E-state index contributed by atoms with van der Waals surface area (Å²) in [7, 11) is 0. The molecule has 162 valence electrons. The molecule has 0 saturated carbocycles. The van der Waals surface area contributed by atoms with E-state index in [1.165, 1.54) is 11.3 Å². The fraction of sp³-hybridized carbons (Fsp3) is 0.480. The number of ether oxygens (including phenoxy) is 1. The van der Waals surface area contributed by atoms with Crippen LogP contribution >= 0.6 is 0 Å². The Morgan fingerprint density at radius 2 is 1.70 bits per heavy atom. The largest absolute Gasteiger partial charge is 0.494 e. The normalized spacial score (nSPS) is 14.5. The van der Waals surface area contributed by atoms with Crippen LogP contribution in [0.1, 0.15) is 31.7 Å². The zero-order valence-corrected chi connectivity index (χ0v) is 18.2. The quantitative estimate of drug-likeness (QED) is 0.575. The first kappa shape index (κ1) is 22.2. The number of para-hydroxylation sites is 1. The molecule has 30 heavy (non-hydrogen) atoms. The Balaban J connectivity index is 1.22. The summed E-state index contributed by atoms with van der Waals surface area (Å²) < 4.78 is 5.45. The number of anilines is 1. The van der Waals surface area contributed by atoms with E-state index in [-0.39, 0.29) is 5.91 Å². The van der Waals surface area contributed by atoms with Crippen molar-refractivity contribution in [3.63, 3.8) is 0 Å². The number of benzene rings is 2. The van der Waals surface area contributed by atoms with Gasteiger partial charge in [-0.15, -0.1) is 0 Å². The van der Waals surface area contributed by atoms with E-state index in [1.807, 2.05) is 31.2 Å². The molecular weight excluding hydrogens is 374 g/mol. The Labute approximate surface area is 181 Å². The van der Waals surface area contributed by atoms with Gasteiger partial charge in [-0.05, 0) is 62.6 Å². The van der Waals surface area contributed by atoms with Crippen molar-refractivity contribution in [3.8, 4) is 5.75 Å². The molecule has 0 spiro atoms. The van der Waals surface area contributed by atoms with Gasteiger partial charge in [0.15, 0.2) is 0 Å². The molecule has 5 nitrogen and oxygen atoms in total. The third-order valence-electron chi connectivity index (χ3n) is 5.59. The minimum atomic E-state index is 0.139.